The van der Waals surface area contributed by atoms with Crippen molar-refractivity contribution >= 4 is 78.4 Å². The summed E-state index contributed by atoms with van der Waals surface area (Å²) < 4.78 is 4.92. The predicted octanol–water partition coefficient (Wildman–Crippen LogP) is 12.4. The molecule has 3 heteroatoms. The predicted molar refractivity (Wildman–Crippen MR) is 224 cm³/mol. The molecule has 2 nitrogen and oxygen atoms in total. The Balaban J connectivity index is 0.00000126. The second-order valence-electron chi connectivity index (χ2n) is 12.2. The summed E-state index contributed by atoms with van der Waals surface area (Å²) in [5, 5.41) is 6.14. The van der Waals surface area contributed by atoms with E-state index < -0.39 is 0 Å². The third-order valence-corrected chi connectivity index (χ3v) is 10.4. The van der Waals surface area contributed by atoms with E-state index in [1.54, 1.807) is 6.08 Å². The highest BCUT2D eigenvalue weighted by molar-refractivity contribution is 7.17. The van der Waals surface area contributed by atoms with E-state index >= 15 is 0 Å². The number of hydrogen-bond donors (Lipinski definition) is 1. The molecule has 0 bridgehead atoms. The molecule has 0 unspecified atom stereocenters. The van der Waals surface area contributed by atoms with E-state index in [-0.39, 0.29) is 0 Å². The normalized spacial score (nSPS) is 12.3. The van der Waals surface area contributed by atoms with Crippen LogP contribution in [0.4, 0.5) is 0 Å². The molecule has 1 N–H and O–H groups in total. The van der Waals surface area contributed by atoms with E-state index in [4.69, 9.17) is 0 Å². The summed E-state index contributed by atoms with van der Waals surface area (Å²) in [5.74, 6) is 0. The Morgan fingerprint density at radius 3 is 2.24 bits per heavy atom. The summed E-state index contributed by atoms with van der Waals surface area (Å²) in [6.45, 7) is 17.5. The molecular weight excluding hydrogens is 625 g/mol. The molecular formula is C47H40N2S. The molecule has 3 aromatic heterocycles. The van der Waals surface area contributed by atoms with Crippen molar-refractivity contribution in [3.8, 4) is 27.9 Å². The third-order valence-electron chi connectivity index (χ3n) is 9.17. The van der Waals surface area contributed by atoms with Crippen LogP contribution in [0, 0.1) is 0 Å². The largest absolute Gasteiger partial charge is 0.354 e. The molecule has 5 aromatic carbocycles. The number of H-pyrrole nitrogens is 1. The monoisotopic (exact) mass is 664 g/mol. The zero-order chi connectivity index (χ0) is 34.8. The Hall–Kier alpha value is -5.90. The molecule has 0 amide bonds. The number of rotatable bonds is 6. The van der Waals surface area contributed by atoms with Gasteiger partial charge in [0.05, 0.1) is 16.7 Å². The molecule has 0 saturated heterocycles. The molecule has 50 heavy (non-hydrogen) atoms. The SMILES string of the molecule is C=C/C=c1\c(=C/C)sc2ccc(-c3cccc(-c4cccc5c4[nH]c4ccc(-n6c(/C=C\C)c(C=C)c7ccccc76)cc45)c3)cc12.C=CC. The Bertz CT molecular complexity index is 2740. The highest BCUT2D eigenvalue weighted by Crippen LogP contribution is 2.38. The first-order valence-electron chi connectivity index (χ1n) is 17.0. The number of nitrogens with one attached hydrogen (secondary N) is 1. The van der Waals surface area contributed by atoms with Gasteiger partial charge in [0.15, 0.2) is 0 Å². The van der Waals surface area contributed by atoms with Gasteiger partial charge in [0.1, 0.15) is 0 Å². The fraction of sp³-hybridized carbons (Fsp3) is 0.0638. The van der Waals surface area contributed by atoms with Crippen molar-refractivity contribution in [1.29, 1.82) is 0 Å². The number of aromatic amines is 1. The Labute approximate surface area is 297 Å². The van der Waals surface area contributed by atoms with Crippen molar-refractivity contribution in [3.05, 3.63) is 162 Å². The number of thiophene rings is 1. The summed E-state index contributed by atoms with van der Waals surface area (Å²) >= 11 is 1.83. The van der Waals surface area contributed by atoms with Gasteiger partial charge >= 0.3 is 0 Å². The fourth-order valence-corrected chi connectivity index (χ4v) is 8.13. The summed E-state index contributed by atoms with van der Waals surface area (Å²) in [6.07, 6.45) is 14.2. The van der Waals surface area contributed by atoms with Crippen LogP contribution in [0.15, 0.2) is 141 Å². The minimum absolute atomic E-state index is 1.12. The van der Waals surface area contributed by atoms with Crippen LogP contribution in [0.5, 0.6) is 0 Å². The van der Waals surface area contributed by atoms with Crippen LogP contribution in [-0.4, -0.2) is 9.55 Å². The molecule has 0 saturated carbocycles. The van der Waals surface area contributed by atoms with Gasteiger partial charge < -0.3 is 9.55 Å². The van der Waals surface area contributed by atoms with E-state index in [0.717, 1.165) is 28.0 Å². The van der Waals surface area contributed by atoms with Gasteiger partial charge in [-0.2, -0.15) is 0 Å². The zero-order valence-corrected chi connectivity index (χ0v) is 29.6. The standard InChI is InChI=1S/C44H34N2S.C3H6/c1-5-13-35-38-26-29(21-24-43(38)47-42(35)8-4)28-15-11-16-30(25-28)33-18-12-19-36-37-27-31(22-23-39(37)45-44(33)36)46-40(14-6-2)32(7-3)34-17-9-10-20-41(34)46;1-3-2/h5-27,45H,1,3H2,2,4H3;3H,1H2,2H3/b14-6-,35-13-,42-8+;. The molecule has 0 aliphatic carbocycles. The minimum Gasteiger partial charge on any atom is -0.354 e. The van der Waals surface area contributed by atoms with E-state index in [0.29, 0.717) is 0 Å². The first kappa shape index (κ1) is 32.6. The molecule has 0 aliphatic rings. The number of aromatic nitrogens is 2. The summed E-state index contributed by atoms with van der Waals surface area (Å²) in [4.78, 5) is 3.78. The second kappa shape index (κ2) is 13.9. The quantitative estimate of drug-likeness (QED) is 0.171. The van der Waals surface area contributed by atoms with Gasteiger partial charge in [-0.3, -0.25) is 0 Å². The van der Waals surface area contributed by atoms with E-state index in [2.05, 4.69) is 171 Å². The van der Waals surface area contributed by atoms with Crippen LogP contribution >= 0.6 is 11.3 Å². The summed E-state index contributed by atoms with van der Waals surface area (Å²) in [5.41, 5.74) is 11.7. The number of fused-ring (bicyclic) bond motifs is 5. The van der Waals surface area contributed by atoms with Gasteiger partial charge in [-0.15, -0.1) is 17.9 Å². The van der Waals surface area contributed by atoms with Crippen molar-refractivity contribution in [2.45, 2.75) is 20.8 Å². The topological polar surface area (TPSA) is 20.7 Å². The fourth-order valence-electron chi connectivity index (χ4n) is 7.07. The van der Waals surface area contributed by atoms with Crippen LogP contribution in [0.1, 0.15) is 32.0 Å². The maximum atomic E-state index is 4.15. The van der Waals surface area contributed by atoms with E-state index in [1.807, 2.05) is 30.4 Å². The summed E-state index contributed by atoms with van der Waals surface area (Å²) in [7, 11) is 0. The number of benzene rings is 5. The second-order valence-corrected chi connectivity index (χ2v) is 13.3. The van der Waals surface area contributed by atoms with Crippen molar-refractivity contribution in [2.75, 3.05) is 0 Å². The lowest BCUT2D eigenvalue weighted by atomic mass is 9.97. The van der Waals surface area contributed by atoms with Gasteiger partial charge in [-0.25, -0.2) is 0 Å². The van der Waals surface area contributed by atoms with E-state index in [1.165, 1.54) is 63.8 Å². The van der Waals surface area contributed by atoms with Gasteiger partial charge in [0.2, 0.25) is 0 Å². The third kappa shape index (κ3) is 5.56. The van der Waals surface area contributed by atoms with Crippen LogP contribution in [0.2, 0.25) is 0 Å². The number of allylic oxidation sites excluding steroid dienone is 3. The van der Waals surface area contributed by atoms with Crippen LogP contribution < -0.4 is 9.75 Å². The van der Waals surface area contributed by atoms with Gasteiger partial charge in [0.25, 0.3) is 0 Å². The lowest BCUT2D eigenvalue weighted by Crippen LogP contribution is -2.17. The van der Waals surface area contributed by atoms with Crippen molar-refractivity contribution in [1.82, 2.24) is 9.55 Å². The Morgan fingerprint density at radius 1 is 0.700 bits per heavy atom. The van der Waals surface area contributed by atoms with Crippen molar-refractivity contribution < 1.29 is 0 Å². The Kier molecular flexibility index (Phi) is 9.08. The van der Waals surface area contributed by atoms with Crippen molar-refractivity contribution in [2.24, 2.45) is 0 Å². The van der Waals surface area contributed by atoms with Crippen LogP contribution in [0.3, 0.4) is 0 Å². The minimum atomic E-state index is 1.12. The lowest BCUT2D eigenvalue weighted by Gasteiger charge is -2.10. The molecule has 8 rings (SSSR count). The van der Waals surface area contributed by atoms with Gasteiger partial charge in [-0.05, 0) is 91.2 Å². The van der Waals surface area contributed by atoms with Crippen molar-refractivity contribution in [3.63, 3.8) is 0 Å². The first-order valence-corrected chi connectivity index (χ1v) is 17.8. The number of hydrogen-bond acceptors (Lipinski definition) is 1. The number of nitrogens with zero attached hydrogens (tertiary/aromatic N) is 1. The smallest absolute Gasteiger partial charge is 0.0544 e. The molecule has 0 spiro atoms. The molecule has 0 aliphatic heterocycles. The van der Waals surface area contributed by atoms with E-state index in [9.17, 15) is 0 Å². The first-order chi connectivity index (χ1) is 24.5. The maximum Gasteiger partial charge on any atom is 0.0544 e. The van der Waals surface area contributed by atoms with Gasteiger partial charge in [-0.1, -0.05) is 110 Å². The average molecular weight is 665 g/mol. The molecule has 0 fully saturated rings. The van der Waals surface area contributed by atoms with Crippen LogP contribution in [-0.2, 0) is 0 Å². The molecule has 0 atom stereocenters. The molecule has 8 aromatic rings. The lowest BCUT2D eigenvalue weighted by molar-refractivity contribution is 1.11. The zero-order valence-electron chi connectivity index (χ0n) is 28.8. The molecule has 0 radical (unpaired) electrons. The molecule has 244 valence electrons. The number of para-hydroxylation sites is 2. The van der Waals surface area contributed by atoms with Gasteiger partial charge in [0, 0.05) is 53.1 Å². The summed E-state index contributed by atoms with van der Waals surface area (Å²) in [6, 6.07) is 37.7. The molecule has 3 heterocycles. The van der Waals surface area contributed by atoms with Crippen LogP contribution in [0.25, 0.3) is 95.0 Å². The highest BCUT2D eigenvalue weighted by Gasteiger charge is 2.17. The highest BCUT2D eigenvalue weighted by atomic mass is 32.1. The average Bonchev–Trinajstić information content (AvgIpc) is 3.80. The Morgan fingerprint density at radius 2 is 1.46 bits per heavy atom. The maximum absolute atomic E-state index is 4.15.